The lowest BCUT2D eigenvalue weighted by Gasteiger charge is -2.14. The minimum absolute atomic E-state index is 0.0783. The molecule has 0 unspecified atom stereocenters. The lowest BCUT2D eigenvalue weighted by atomic mass is 10.1. The number of aryl methyl sites for hydroxylation is 1. The number of thioether (sulfide) groups is 1. The van der Waals surface area contributed by atoms with Crippen molar-refractivity contribution in [1.29, 1.82) is 0 Å². The van der Waals surface area contributed by atoms with Crippen LogP contribution in [0.5, 0.6) is 17.2 Å². The molecule has 0 bridgehead atoms. The van der Waals surface area contributed by atoms with Gasteiger partial charge in [0.1, 0.15) is 0 Å². The van der Waals surface area contributed by atoms with Crippen LogP contribution < -0.4 is 19.5 Å². The number of carbonyl (C=O) groups is 3. The summed E-state index contributed by atoms with van der Waals surface area (Å²) in [5, 5.41) is 2.36. The lowest BCUT2D eigenvalue weighted by Crippen LogP contribution is -2.37. The van der Waals surface area contributed by atoms with Gasteiger partial charge in [0.2, 0.25) is 5.75 Å². The summed E-state index contributed by atoms with van der Waals surface area (Å²) in [5.41, 5.74) is 2.03. The molecule has 3 amide bonds. The summed E-state index contributed by atoms with van der Waals surface area (Å²) >= 11 is 0.844. The number of hydrogen-bond acceptors (Lipinski definition) is 7. The zero-order chi connectivity index (χ0) is 23.3. The third kappa shape index (κ3) is 4.88. The number of benzene rings is 2. The molecule has 0 spiro atoms. The average molecular weight is 457 g/mol. The number of carbonyl (C=O) groups excluding carboxylic acids is 3. The van der Waals surface area contributed by atoms with Crippen LogP contribution in [0.15, 0.2) is 41.3 Å². The van der Waals surface area contributed by atoms with Crippen molar-refractivity contribution in [2.75, 3.05) is 34.4 Å². The Morgan fingerprint density at radius 3 is 2.31 bits per heavy atom. The van der Waals surface area contributed by atoms with Crippen LogP contribution in [0, 0.1) is 6.92 Å². The number of methoxy groups -OCH3 is 3. The van der Waals surface area contributed by atoms with Crippen LogP contribution in [-0.2, 0) is 4.79 Å². The number of amides is 3. The first-order chi connectivity index (χ1) is 15.4. The van der Waals surface area contributed by atoms with Crippen LogP contribution in [0.25, 0.3) is 6.08 Å². The first kappa shape index (κ1) is 23.2. The Hall–Kier alpha value is -3.46. The van der Waals surface area contributed by atoms with E-state index in [2.05, 4.69) is 5.32 Å². The van der Waals surface area contributed by atoms with Gasteiger partial charge in [0.15, 0.2) is 11.5 Å². The van der Waals surface area contributed by atoms with Crippen LogP contribution in [0.2, 0.25) is 0 Å². The monoisotopic (exact) mass is 456 g/mol. The van der Waals surface area contributed by atoms with Crippen LogP contribution in [0.4, 0.5) is 4.79 Å². The molecule has 0 saturated carbocycles. The van der Waals surface area contributed by atoms with Gasteiger partial charge in [0.05, 0.1) is 26.2 Å². The Morgan fingerprint density at radius 2 is 1.72 bits per heavy atom. The summed E-state index contributed by atoms with van der Waals surface area (Å²) < 4.78 is 16.0. The molecule has 3 rings (SSSR count). The number of ether oxygens (including phenoxy) is 3. The summed E-state index contributed by atoms with van der Waals surface area (Å²) in [7, 11) is 4.50. The highest BCUT2D eigenvalue weighted by atomic mass is 32.2. The van der Waals surface area contributed by atoms with Gasteiger partial charge in [-0.25, -0.2) is 0 Å². The average Bonchev–Trinajstić information content (AvgIpc) is 3.05. The van der Waals surface area contributed by atoms with E-state index in [1.807, 2.05) is 19.1 Å². The quantitative estimate of drug-likeness (QED) is 0.608. The molecule has 2 aromatic carbocycles. The number of nitrogens with zero attached hydrogens (tertiary/aromatic N) is 1. The molecule has 32 heavy (non-hydrogen) atoms. The number of hydrogen-bond donors (Lipinski definition) is 1. The fourth-order valence-electron chi connectivity index (χ4n) is 3.23. The smallest absolute Gasteiger partial charge is 0.293 e. The Bertz CT molecular complexity index is 1060. The second-order valence-electron chi connectivity index (χ2n) is 6.86. The fraction of sp³-hybridized carbons (Fsp3) is 0.261. The summed E-state index contributed by atoms with van der Waals surface area (Å²) in [6, 6.07) is 10.6. The molecule has 0 aromatic heterocycles. The van der Waals surface area contributed by atoms with Crippen LogP contribution in [-0.4, -0.2) is 56.4 Å². The van der Waals surface area contributed by atoms with Crippen molar-refractivity contribution in [3.63, 3.8) is 0 Å². The van der Waals surface area contributed by atoms with Crippen LogP contribution in [0.1, 0.15) is 21.5 Å². The van der Waals surface area contributed by atoms with Gasteiger partial charge in [0, 0.05) is 18.7 Å². The maximum Gasteiger partial charge on any atom is 0.293 e. The molecule has 8 nitrogen and oxygen atoms in total. The maximum atomic E-state index is 12.8. The molecule has 1 aliphatic rings. The van der Waals surface area contributed by atoms with Gasteiger partial charge in [-0.05, 0) is 54.1 Å². The molecule has 9 heteroatoms. The van der Waals surface area contributed by atoms with E-state index in [1.165, 1.54) is 21.3 Å². The SMILES string of the molecule is COc1cc(/C=C2/SC(=O)N(CCNC(=O)c3ccccc3C)C2=O)cc(OC)c1OC. The molecule has 1 aliphatic heterocycles. The maximum absolute atomic E-state index is 12.8. The standard InChI is InChI=1S/C23H24N2O6S/c1-14-7-5-6-8-16(14)21(26)24-9-10-25-22(27)19(32-23(25)28)13-15-11-17(29-2)20(31-4)18(12-15)30-3/h5-8,11-13H,9-10H2,1-4H3,(H,24,26)/b19-13+. The summed E-state index contributed by atoms with van der Waals surface area (Å²) in [4.78, 5) is 38.9. The van der Waals surface area contributed by atoms with Crippen molar-refractivity contribution in [3.8, 4) is 17.2 Å². The third-order valence-corrected chi connectivity index (χ3v) is 5.78. The Balaban J connectivity index is 1.70. The number of rotatable bonds is 8. The molecule has 0 aliphatic carbocycles. The van der Waals surface area contributed by atoms with Crippen LogP contribution in [0.3, 0.4) is 0 Å². The highest BCUT2D eigenvalue weighted by Gasteiger charge is 2.34. The van der Waals surface area contributed by atoms with Crippen molar-refractivity contribution >= 4 is 34.9 Å². The normalized spacial score (nSPS) is 14.6. The van der Waals surface area contributed by atoms with Crippen molar-refractivity contribution in [1.82, 2.24) is 10.2 Å². The van der Waals surface area contributed by atoms with Crippen molar-refractivity contribution in [2.24, 2.45) is 0 Å². The van der Waals surface area contributed by atoms with Crippen molar-refractivity contribution < 1.29 is 28.6 Å². The highest BCUT2D eigenvalue weighted by Crippen LogP contribution is 2.40. The summed E-state index contributed by atoms with van der Waals surface area (Å²) in [6.07, 6.45) is 1.60. The molecule has 0 atom stereocenters. The van der Waals surface area contributed by atoms with Gasteiger partial charge in [-0.15, -0.1) is 0 Å². The highest BCUT2D eigenvalue weighted by molar-refractivity contribution is 8.18. The zero-order valence-corrected chi connectivity index (χ0v) is 19.1. The van der Waals surface area contributed by atoms with Crippen molar-refractivity contribution in [3.05, 3.63) is 58.0 Å². The van der Waals surface area contributed by atoms with E-state index >= 15 is 0 Å². The molecule has 168 valence electrons. The predicted molar refractivity (Wildman–Crippen MR) is 122 cm³/mol. The van der Waals surface area contributed by atoms with Crippen LogP contribution >= 0.6 is 11.8 Å². The van der Waals surface area contributed by atoms with E-state index in [0.717, 1.165) is 22.2 Å². The Kier molecular flexibility index (Phi) is 7.42. The van der Waals surface area contributed by atoms with E-state index in [0.29, 0.717) is 28.4 Å². The van der Waals surface area contributed by atoms with Gasteiger partial charge in [-0.1, -0.05) is 18.2 Å². The second-order valence-corrected chi connectivity index (χ2v) is 7.86. The van der Waals surface area contributed by atoms with Gasteiger partial charge >= 0.3 is 0 Å². The third-order valence-electron chi connectivity index (χ3n) is 4.87. The Labute approximate surface area is 190 Å². The van der Waals surface area contributed by atoms with E-state index < -0.39 is 5.91 Å². The fourth-order valence-corrected chi connectivity index (χ4v) is 4.10. The minimum Gasteiger partial charge on any atom is -0.493 e. The second kappa shape index (κ2) is 10.2. The largest absolute Gasteiger partial charge is 0.493 e. The number of imide groups is 1. The van der Waals surface area contributed by atoms with Gasteiger partial charge in [-0.2, -0.15) is 0 Å². The first-order valence-corrected chi connectivity index (χ1v) is 10.6. The van der Waals surface area contributed by atoms with Gasteiger partial charge in [0.25, 0.3) is 17.1 Å². The topological polar surface area (TPSA) is 94.2 Å². The molecule has 2 aromatic rings. The zero-order valence-electron chi connectivity index (χ0n) is 18.3. The molecule has 1 fully saturated rings. The predicted octanol–water partition coefficient (Wildman–Crippen LogP) is 3.49. The summed E-state index contributed by atoms with van der Waals surface area (Å²) in [6.45, 7) is 2.08. The van der Waals surface area contributed by atoms with Crippen molar-refractivity contribution in [2.45, 2.75) is 6.92 Å². The molecular formula is C23H24N2O6S. The minimum atomic E-state index is -0.418. The first-order valence-electron chi connectivity index (χ1n) is 9.78. The van der Waals surface area contributed by atoms with E-state index in [9.17, 15) is 14.4 Å². The molecule has 0 radical (unpaired) electrons. The molecule has 1 N–H and O–H groups in total. The lowest BCUT2D eigenvalue weighted by molar-refractivity contribution is -0.122. The van der Waals surface area contributed by atoms with E-state index in [1.54, 1.807) is 30.3 Å². The van der Waals surface area contributed by atoms with Gasteiger partial charge in [-0.3, -0.25) is 19.3 Å². The van der Waals surface area contributed by atoms with E-state index in [4.69, 9.17) is 14.2 Å². The van der Waals surface area contributed by atoms with Gasteiger partial charge < -0.3 is 19.5 Å². The summed E-state index contributed by atoms with van der Waals surface area (Å²) in [5.74, 6) is 0.652. The molecule has 1 saturated heterocycles. The van der Waals surface area contributed by atoms with E-state index in [-0.39, 0.29) is 29.1 Å². The molecular weight excluding hydrogens is 432 g/mol. The Morgan fingerprint density at radius 1 is 1.06 bits per heavy atom. The molecule has 1 heterocycles. The number of nitrogens with one attached hydrogen (secondary N) is 1.